The van der Waals surface area contributed by atoms with Crippen LogP contribution in [-0.2, 0) is 18.7 Å². The summed E-state index contributed by atoms with van der Waals surface area (Å²) in [6.45, 7) is 0. The number of aromatic amines is 1. The molecule has 0 amide bonds. The summed E-state index contributed by atoms with van der Waals surface area (Å²) in [4.78, 5) is 31.2. The predicted octanol–water partition coefficient (Wildman–Crippen LogP) is 1.39. The zero-order valence-corrected chi connectivity index (χ0v) is 19.9. The number of carbonyl (C=O) groups is 2. The molecule has 2 heterocycles. The maximum atomic E-state index is 12.6. The van der Waals surface area contributed by atoms with Crippen LogP contribution in [0.15, 0.2) is 85.7 Å². The number of esters is 2. The van der Waals surface area contributed by atoms with E-state index in [1.54, 1.807) is 24.3 Å². The van der Waals surface area contributed by atoms with Crippen LogP contribution >= 0.6 is 7.37 Å². The summed E-state index contributed by atoms with van der Waals surface area (Å²) in [6.07, 6.45) is 5.50. The quantitative estimate of drug-likeness (QED) is 0.157. The Kier molecular flexibility index (Phi) is 10.4. The number of aromatic nitrogens is 4. The van der Waals surface area contributed by atoms with Crippen molar-refractivity contribution >= 4 is 29.9 Å². The number of hydrogen-bond donors (Lipinski definition) is 3. The van der Waals surface area contributed by atoms with Gasteiger partial charge in [0, 0.05) is 10.6 Å². The van der Waals surface area contributed by atoms with E-state index < -0.39 is 19.3 Å². The first-order chi connectivity index (χ1) is 16.9. The Labute approximate surface area is 201 Å². The van der Waals surface area contributed by atoms with E-state index in [1.165, 1.54) is 39.3 Å². The van der Waals surface area contributed by atoms with Crippen LogP contribution in [0.25, 0.3) is 0 Å². The molecule has 35 heavy (non-hydrogen) atoms. The van der Waals surface area contributed by atoms with Gasteiger partial charge in [0.05, 0.1) is 32.9 Å². The van der Waals surface area contributed by atoms with Crippen molar-refractivity contribution in [3.63, 3.8) is 0 Å². The first-order valence-corrected chi connectivity index (χ1v) is 11.5. The zero-order chi connectivity index (χ0) is 25.7. The van der Waals surface area contributed by atoms with Crippen LogP contribution in [0, 0.1) is 0 Å². The molecule has 0 unspecified atom stereocenters. The minimum atomic E-state index is -3.13. The second kappa shape index (κ2) is 13.5. The van der Waals surface area contributed by atoms with Crippen LogP contribution < -0.4 is 22.3 Å². The van der Waals surface area contributed by atoms with Crippen molar-refractivity contribution < 1.29 is 28.3 Å². The van der Waals surface area contributed by atoms with Gasteiger partial charge in [-0.15, -0.1) is 0 Å². The van der Waals surface area contributed by atoms with Crippen molar-refractivity contribution in [2.24, 2.45) is 5.90 Å². The van der Waals surface area contributed by atoms with Gasteiger partial charge in [0.15, 0.2) is 5.69 Å². The van der Waals surface area contributed by atoms with Gasteiger partial charge < -0.3 is 20.3 Å². The van der Waals surface area contributed by atoms with E-state index in [0.717, 1.165) is 4.68 Å². The number of nitrogen functional groups attached to an aromatic ring is 1. The minimum Gasteiger partial charge on any atom is -0.464 e. The summed E-state index contributed by atoms with van der Waals surface area (Å²) in [7, 11) is -0.518. The van der Waals surface area contributed by atoms with Gasteiger partial charge >= 0.3 is 11.9 Å². The molecule has 0 bridgehead atoms. The molecular formula is C22H25N6O6P. The summed E-state index contributed by atoms with van der Waals surface area (Å²) in [5, 5.41) is 1.20. The number of carbonyl (C=O) groups excluding carboxylic acids is 2. The molecule has 5 N–H and O–H groups in total. The second-order valence-electron chi connectivity index (χ2n) is 6.46. The highest BCUT2D eigenvalue weighted by atomic mass is 31.2. The smallest absolute Gasteiger partial charge is 0.358 e. The van der Waals surface area contributed by atoms with Gasteiger partial charge in [-0.05, 0) is 24.3 Å². The Bertz CT molecular complexity index is 1190. The zero-order valence-electron chi connectivity index (χ0n) is 19.0. The van der Waals surface area contributed by atoms with E-state index >= 15 is 0 Å². The molecule has 0 atom stereocenters. The number of nitrogens with two attached hydrogens (primary N) is 2. The molecule has 0 saturated heterocycles. The number of benzene rings is 2. The Morgan fingerprint density at radius 2 is 1.43 bits per heavy atom. The van der Waals surface area contributed by atoms with Crippen LogP contribution in [0.4, 0.5) is 0 Å². The van der Waals surface area contributed by atoms with Crippen molar-refractivity contribution in [3.05, 3.63) is 97.1 Å². The largest absolute Gasteiger partial charge is 0.464 e. The van der Waals surface area contributed by atoms with Gasteiger partial charge in [0.2, 0.25) is 0 Å². The number of rotatable bonds is 5. The molecule has 0 aliphatic carbocycles. The fraction of sp³-hybridized carbons (Fsp3) is 0.0909. The molecule has 2 aromatic carbocycles. The van der Waals surface area contributed by atoms with Gasteiger partial charge in [0.25, 0.3) is 7.37 Å². The highest BCUT2D eigenvalue weighted by Crippen LogP contribution is 2.42. The topological polar surface area (TPSA) is 177 Å². The Hall–Kier alpha value is -4.25. The standard InChI is InChI=1S/C12H12NO2P.C5H7N3O2.C5H6N2O2/c13-15-16(14,11-7-3-1-4-8-11)12-9-5-2-6-10-12;1-10-5(9)4-2-7-3-8(4)6;1-9-5(8)4-2-6-3-7-4/h1-10H,13H2;2-3H,6H2,1H3;2-3H,1H3,(H,6,7). The number of H-pyrrole nitrogens is 1. The number of imidazole rings is 2. The lowest BCUT2D eigenvalue weighted by Gasteiger charge is -2.15. The lowest BCUT2D eigenvalue weighted by atomic mass is 10.4. The molecule has 0 fully saturated rings. The normalized spacial score (nSPS) is 10.1. The molecule has 184 valence electrons. The fourth-order valence-electron chi connectivity index (χ4n) is 2.56. The maximum Gasteiger partial charge on any atom is 0.358 e. The fourth-order valence-corrected chi connectivity index (χ4v) is 4.23. The lowest BCUT2D eigenvalue weighted by molar-refractivity contribution is 0.0583. The molecule has 0 aliphatic heterocycles. The summed E-state index contributed by atoms with van der Waals surface area (Å²) in [5.41, 5.74) is 0.611. The van der Waals surface area contributed by atoms with E-state index in [0.29, 0.717) is 16.3 Å². The molecule has 0 saturated carbocycles. The molecule has 13 heteroatoms. The van der Waals surface area contributed by atoms with Gasteiger partial charge in [-0.3, -0.25) is 4.57 Å². The van der Waals surface area contributed by atoms with E-state index in [9.17, 15) is 14.2 Å². The summed E-state index contributed by atoms with van der Waals surface area (Å²) >= 11 is 0. The highest BCUT2D eigenvalue weighted by Gasteiger charge is 2.27. The third-order valence-corrected chi connectivity index (χ3v) is 6.56. The molecule has 0 aliphatic rings. The van der Waals surface area contributed by atoms with E-state index in [-0.39, 0.29) is 5.69 Å². The van der Waals surface area contributed by atoms with Crippen LogP contribution in [0.5, 0.6) is 0 Å². The molecule has 12 nitrogen and oxygen atoms in total. The van der Waals surface area contributed by atoms with Gasteiger partial charge in [-0.1, -0.05) is 36.4 Å². The first-order valence-electron chi connectivity index (χ1n) is 9.89. The summed E-state index contributed by atoms with van der Waals surface area (Å²) in [6, 6.07) is 18.0. The third kappa shape index (κ3) is 7.37. The monoisotopic (exact) mass is 500 g/mol. The first kappa shape index (κ1) is 27.0. The predicted molar refractivity (Wildman–Crippen MR) is 129 cm³/mol. The van der Waals surface area contributed by atoms with E-state index in [2.05, 4.69) is 24.4 Å². The molecule has 0 radical (unpaired) electrons. The van der Waals surface area contributed by atoms with Crippen molar-refractivity contribution in [2.45, 2.75) is 0 Å². The van der Waals surface area contributed by atoms with Gasteiger partial charge in [-0.2, -0.15) is 0 Å². The number of ether oxygens (including phenoxy) is 2. The average molecular weight is 500 g/mol. The molecule has 4 rings (SSSR count). The number of hydrogen-bond acceptors (Lipinski definition) is 10. The Morgan fingerprint density at radius 3 is 1.80 bits per heavy atom. The average Bonchev–Trinajstić information content (AvgIpc) is 3.61. The minimum absolute atomic E-state index is 0.238. The summed E-state index contributed by atoms with van der Waals surface area (Å²) in [5.74, 6) is 9.60. The Morgan fingerprint density at radius 1 is 0.886 bits per heavy atom. The van der Waals surface area contributed by atoms with Crippen molar-refractivity contribution in [1.82, 2.24) is 19.6 Å². The van der Waals surface area contributed by atoms with Crippen LogP contribution in [0.1, 0.15) is 21.0 Å². The van der Waals surface area contributed by atoms with E-state index in [4.69, 9.17) is 16.4 Å². The van der Waals surface area contributed by atoms with Crippen molar-refractivity contribution in [1.29, 1.82) is 0 Å². The lowest BCUT2D eigenvalue weighted by Crippen LogP contribution is -2.20. The SMILES string of the molecule is COC(=O)c1cnc[nH]1.COC(=O)c1cncn1N.NOP(=O)(c1ccccc1)c1ccccc1. The number of methoxy groups -OCH3 is 2. The van der Waals surface area contributed by atoms with Gasteiger partial charge in [0.1, 0.15) is 12.0 Å². The second-order valence-corrected chi connectivity index (χ2v) is 8.81. The van der Waals surface area contributed by atoms with Gasteiger partial charge in [-0.25, -0.2) is 34.8 Å². The van der Waals surface area contributed by atoms with Crippen LogP contribution in [0.3, 0.4) is 0 Å². The summed E-state index contributed by atoms with van der Waals surface area (Å²) < 4.78 is 27.3. The van der Waals surface area contributed by atoms with Crippen LogP contribution in [-0.4, -0.2) is 45.8 Å². The third-order valence-electron chi connectivity index (χ3n) is 4.30. The van der Waals surface area contributed by atoms with E-state index in [1.807, 2.05) is 36.4 Å². The molecule has 2 aromatic heterocycles. The number of nitrogens with zero attached hydrogens (tertiary/aromatic N) is 3. The maximum absolute atomic E-state index is 12.6. The number of nitrogens with one attached hydrogen (secondary N) is 1. The highest BCUT2D eigenvalue weighted by molar-refractivity contribution is 7.74. The van der Waals surface area contributed by atoms with Crippen LogP contribution in [0.2, 0.25) is 0 Å². The molecular weight excluding hydrogens is 475 g/mol. The Balaban J connectivity index is 0.000000197. The van der Waals surface area contributed by atoms with Crippen molar-refractivity contribution in [2.75, 3.05) is 20.1 Å². The molecule has 4 aromatic rings. The molecule has 0 spiro atoms. The van der Waals surface area contributed by atoms with Crippen molar-refractivity contribution in [3.8, 4) is 0 Å².